The number of fused-ring (bicyclic) bond motifs is 1. The Morgan fingerprint density at radius 2 is 1.70 bits per heavy atom. The number of aromatic amines is 1. The molecule has 7 nitrogen and oxygen atoms in total. The van der Waals surface area contributed by atoms with Crippen LogP contribution in [0.1, 0.15) is 28.8 Å². The lowest BCUT2D eigenvalue weighted by Gasteiger charge is -2.08. The third-order valence-corrected chi connectivity index (χ3v) is 3.45. The highest BCUT2D eigenvalue weighted by Crippen LogP contribution is 2.27. The molecule has 1 N–H and O–H groups in total. The van der Waals surface area contributed by atoms with Crippen LogP contribution in [0.5, 0.6) is 0 Å². The molecule has 2 heterocycles. The van der Waals surface area contributed by atoms with Gasteiger partial charge in [-0.25, -0.2) is 15.0 Å². The molecule has 0 fully saturated rings. The zero-order chi connectivity index (χ0) is 16.4. The van der Waals surface area contributed by atoms with Gasteiger partial charge in [0.25, 0.3) is 0 Å². The van der Waals surface area contributed by atoms with E-state index in [9.17, 15) is 5.26 Å². The number of imidazole rings is 1. The Morgan fingerprint density at radius 1 is 1.00 bits per heavy atom. The number of benzene rings is 1. The van der Waals surface area contributed by atoms with Crippen molar-refractivity contribution in [1.82, 2.24) is 19.9 Å². The third-order valence-electron chi connectivity index (χ3n) is 3.17. The average molecular weight is 320 g/mol. The van der Waals surface area contributed by atoms with Gasteiger partial charge in [0.1, 0.15) is 29.6 Å². The molecule has 108 valence electrons. The molecule has 0 bridgehead atoms. The molecule has 2 aromatic heterocycles. The average Bonchev–Trinajstić information content (AvgIpc) is 3.00. The summed E-state index contributed by atoms with van der Waals surface area (Å²) in [6.45, 7) is 0. The topological polar surface area (TPSA) is 126 Å². The molecule has 0 aliphatic carbocycles. The molecule has 23 heavy (non-hydrogen) atoms. The Morgan fingerprint density at radius 3 is 2.35 bits per heavy atom. The van der Waals surface area contributed by atoms with Crippen LogP contribution in [0, 0.1) is 34.0 Å². The molecule has 0 unspecified atom stereocenters. The maximum Gasteiger partial charge on any atom is 0.178 e. The summed E-state index contributed by atoms with van der Waals surface area (Å²) in [5, 5.41) is 27.4. The van der Waals surface area contributed by atoms with E-state index in [4.69, 9.17) is 22.1 Å². The van der Waals surface area contributed by atoms with Crippen LogP contribution >= 0.6 is 11.6 Å². The van der Waals surface area contributed by atoms with Gasteiger partial charge in [-0.05, 0) is 12.1 Å². The minimum absolute atomic E-state index is 0.0868. The van der Waals surface area contributed by atoms with E-state index in [0.717, 1.165) is 5.52 Å². The van der Waals surface area contributed by atoms with Crippen molar-refractivity contribution in [2.75, 3.05) is 0 Å². The standard InChI is InChI=1S/C15H6ClN7/c16-14-13(20-11(6-18)12(7-19)21-14)8(5-17)15-22-9-3-1-2-4-10(9)23-15/h1-4,8H,(H,22,23)/t8-/m0/s1. The Bertz CT molecular complexity index is 1000. The van der Waals surface area contributed by atoms with Crippen LogP contribution in [0.25, 0.3) is 11.0 Å². The second kappa shape index (κ2) is 5.73. The second-order valence-electron chi connectivity index (χ2n) is 4.52. The van der Waals surface area contributed by atoms with Crippen LogP contribution < -0.4 is 0 Å². The molecule has 0 amide bonds. The van der Waals surface area contributed by atoms with Gasteiger partial charge >= 0.3 is 0 Å². The number of nitriles is 3. The first-order chi connectivity index (χ1) is 11.2. The van der Waals surface area contributed by atoms with Crippen LogP contribution in [-0.2, 0) is 0 Å². The number of halogens is 1. The fraction of sp³-hybridized carbons (Fsp3) is 0.0667. The molecule has 1 atom stereocenters. The number of hydrogen-bond acceptors (Lipinski definition) is 6. The van der Waals surface area contributed by atoms with E-state index in [-0.39, 0.29) is 22.2 Å². The summed E-state index contributed by atoms with van der Waals surface area (Å²) in [6.07, 6.45) is 0. The summed E-state index contributed by atoms with van der Waals surface area (Å²) >= 11 is 6.03. The summed E-state index contributed by atoms with van der Waals surface area (Å²) in [5.74, 6) is -0.583. The maximum atomic E-state index is 9.49. The van der Waals surface area contributed by atoms with E-state index in [2.05, 4.69) is 26.0 Å². The van der Waals surface area contributed by atoms with Crippen LogP contribution in [0.3, 0.4) is 0 Å². The van der Waals surface area contributed by atoms with Crippen LogP contribution in [0.2, 0.25) is 5.15 Å². The second-order valence-corrected chi connectivity index (χ2v) is 4.88. The lowest BCUT2D eigenvalue weighted by molar-refractivity contribution is 0.871. The lowest BCUT2D eigenvalue weighted by Crippen LogP contribution is -2.08. The molecular formula is C15H6ClN7. The summed E-state index contributed by atoms with van der Waals surface area (Å²) in [6, 6.07) is 12.9. The summed E-state index contributed by atoms with van der Waals surface area (Å²) in [5.41, 5.74) is 1.19. The van der Waals surface area contributed by atoms with E-state index in [0.29, 0.717) is 11.3 Å². The van der Waals surface area contributed by atoms with Crippen molar-refractivity contribution in [2.45, 2.75) is 5.92 Å². The molecule has 0 radical (unpaired) electrons. The molecular weight excluding hydrogens is 314 g/mol. The highest BCUT2D eigenvalue weighted by molar-refractivity contribution is 6.30. The van der Waals surface area contributed by atoms with Gasteiger partial charge in [-0.15, -0.1) is 0 Å². The van der Waals surface area contributed by atoms with Gasteiger partial charge in [-0.1, -0.05) is 23.7 Å². The first-order valence-corrected chi connectivity index (χ1v) is 6.77. The molecule has 0 saturated heterocycles. The van der Waals surface area contributed by atoms with Crippen molar-refractivity contribution >= 4 is 22.6 Å². The summed E-state index contributed by atoms with van der Waals surface area (Å²) in [7, 11) is 0. The van der Waals surface area contributed by atoms with E-state index < -0.39 is 5.92 Å². The summed E-state index contributed by atoms with van der Waals surface area (Å²) in [4.78, 5) is 15.2. The number of hydrogen-bond donors (Lipinski definition) is 1. The number of rotatable bonds is 2. The number of H-pyrrole nitrogens is 1. The molecule has 3 aromatic rings. The SMILES string of the molecule is N#Cc1nc(Cl)c([C@H](C#N)c2nc3ccccc3[nH]2)nc1C#N. The van der Waals surface area contributed by atoms with Crippen molar-refractivity contribution < 1.29 is 0 Å². The Hall–Kier alpha value is -3.47. The van der Waals surface area contributed by atoms with Crippen molar-refractivity contribution in [3.05, 3.63) is 52.3 Å². The number of nitrogens with one attached hydrogen (secondary N) is 1. The first kappa shape index (κ1) is 14.5. The van der Waals surface area contributed by atoms with Crippen LogP contribution in [-0.4, -0.2) is 19.9 Å². The van der Waals surface area contributed by atoms with Crippen molar-refractivity contribution in [1.29, 1.82) is 15.8 Å². The normalized spacial score (nSPS) is 11.4. The largest absolute Gasteiger partial charge is 0.341 e. The van der Waals surface area contributed by atoms with Crippen LogP contribution in [0.15, 0.2) is 24.3 Å². The zero-order valence-corrected chi connectivity index (χ0v) is 12.2. The zero-order valence-electron chi connectivity index (χ0n) is 11.4. The molecule has 0 spiro atoms. The van der Waals surface area contributed by atoms with Gasteiger partial charge in [-0.3, -0.25) is 0 Å². The van der Waals surface area contributed by atoms with E-state index >= 15 is 0 Å². The van der Waals surface area contributed by atoms with E-state index in [1.54, 1.807) is 18.2 Å². The monoisotopic (exact) mass is 319 g/mol. The predicted molar refractivity (Wildman–Crippen MR) is 80.0 cm³/mol. The highest BCUT2D eigenvalue weighted by atomic mass is 35.5. The Balaban J connectivity index is 2.17. The molecule has 8 heteroatoms. The van der Waals surface area contributed by atoms with Gasteiger partial charge in [0.2, 0.25) is 0 Å². The van der Waals surface area contributed by atoms with Crippen molar-refractivity contribution in [3.8, 4) is 18.2 Å². The van der Waals surface area contributed by atoms with Gasteiger partial charge in [0.15, 0.2) is 16.5 Å². The molecule has 1 aromatic carbocycles. The number of aromatic nitrogens is 4. The minimum atomic E-state index is -0.928. The van der Waals surface area contributed by atoms with Crippen molar-refractivity contribution in [3.63, 3.8) is 0 Å². The fourth-order valence-corrected chi connectivity index (χ4v) is 2.36. The fourth-order valence-electron chi connectivity index (χ4n) is 2.13. The van der Waals surface area contributed by atoms with Crippen LogP contribution in [0.4, 0.5) is 0 Å². The van der Waals surface area contributed by atoms with Gasteiger partial charge < -0.3 is 4.98 Å². The summed E-state index contributed by atoms with van der Waals surface area (Å²) < 4.78 is 0. The predicted octanol–water partition coefficient (Wildman–Crippen LogP) is 2.41. The first-order valence-electron chi connectivity index (χ1n) is 6.39. The lowest BCUT2D eigenvalue weighted by atomic mass is 10.1. The highest BCUT2D eigenvalue weighted by Gasteiger charge is 2.25. The maximum absolute atomic E-state index is 9.49. The van der Waals surface area contributed by atoms with Gasteiger partial charge in [0.05, 0.1) is 17.1 Å². The van der Waals surface area contributed by atoms with Gasteiger partial charge in [0, 0.05) is 0 Å². The Labute approximate surface area is 135 Å². The van der Waals surface area contributed by atoms with Gasteiger partial charge in [-0.2, -0.15) is 15.8 Å². The molecule has 0 aliphatic heterocycles. The molecule has 0 aliphatic rings. The molecule has 0 saturated carbocycles. The minimum Gasteiger partial charge on any atom is -0.341 e. The molecule has 3 rings (SSSR count). The third kappa shape index (κ3) is 2.44. The van der Waals surface area contributed by atoms with E-state index in [1.807, 2.05) is 18.2 Å². The number of para-hydroxylation sites is 2. The smallest absolute Gasteiger partial charge is 0.178 e. The Kier molecular flexibility index (Phi) is 3.60. The van der Waals surface area contributed by atoms with E-state index in [1.165, 1.54) is 0 Å². The van der Waals surface area contributed by atoms with Crippen molar-refractivity contribution in [2.24, 2.45) is 0 Å². The quantitative estimate of drug-likeness (QED) is 0.772. The number of nitrogens with zero attached hydrogens (tertiary/aromatic N) is 6.